The Kier molecular flexibility index (Phi) is 5.69. The Labute approximate surface area is 93.2 Å². The van der Waals surface area contributed by atoms with E-state index in [4.69, 9.17) is 0 Å². The lowest BCUT2D eigenvalue weighted by Gasteiger charge is -2.24. The van der Waals surface area contributed by atoms with Gasteiger partial charge in [0, 0.05) is 26.1 Å². The molecule has 0 radical (unpaired) electrons. The maximum absolute atomic E-state index is 11.7. The number of nitrogens with one attached hydrogen (secondary N) is 1. The summed E-state index contributed by atoms with van der Waals surface area (Å²) in [7, 11) is 1.90. The van der Waals surface area contributed by atoms with Gasteiger partial charge in [-0.3, -0.25) is 4.79 Å². The predicted molar refractivity (Wildman–Crippen MR) is 62.8 cm³/mol. The van der Waals surface area contributed by atoms with E-state index >= 15 is 0 Å². The van der Waals surface area contributed by atoms with Crippen LogP contribution in [0.1, 0.15) is 45.4 Å². The van der Waals surface area contributed by atoms with E-state index in [1.807, 2.05) is 11.9 Å². The lowest BCUT2D eigenvalue weighted by Crippen LogP contribution is -2.35. The van der Waals surface area contributed by atoms with Crippen LogP contribution in [-0.4, -0.2) is 37.0 Å². The normalized spacial score (nSPS) is 21.3. The Bertz CT molecular complexity index is 188. The van der Waals surface area contributed by atoms with E-state index in [9.17, 15) is 4.79 Å². The van der Waals surface area contributed by atoms with Gasteiger partial charge in [0.25, 0.3) is 0 Å². The van der Waals surface area contributed by atoms with Gasteiger partial charge < -0.3 is 10.2 Å². The van der Waals surface area contributed by atoms with Crippen LogP contribution >= 0.6 is 0 Å². The molecule has 88 valence electrons. The number of hydrogen-bond donors (Lipinski definition) is 1. The number of nitrogens with zero attached hydrogens (tertiary/aromatic N) is 1. The van der Waals surface area contributed by atoms with Gasteiger partial charge in [-0.25, -0.2) is 0 Å². The standard InChI is InChI=1S/C12H24N2O/c1-3-10-14(2)12(15)8-7-11-6-4-5-9-13-11/h11,13H,3-10H2,1-2H3. The molecule has 3 heteroatoms. The van der Waals surface area contributed by atoms with Crippen LogP contribution in [0.3, 0.4) is 0 Å². The van der Waals surface area contributed by atoms with Crippen LogP contribution in [0.25, 0.3) is 0 Å². The fourth-order valence-corrected chi connectivity index (χ4v) is 2.12. The zero-order valence-corrected chi connectivity index (χ0v) is 10.1. The quantitative estimate of drug-likeness (QED) is 0.753. The summed E-state index contributed by atoms with van der Waals surface area (Å²) in [5.74, 6) is 0.296. The summed E-state index contributed by atoms with van der Waals surface area (Å²) in [5.41, 5.74) is 0. The molecule has 0 aromatic heterocycles. The van der Waals surface area contributed by atoms with Crippen molar-refractivity contribution in [2.24, 2.45) is 0 Å². The van der Waals surface area contributed by atoms with Crippen LogP contribution in [0.2, 0.25) is 0 Å². The summed E-state index contributed by atoms with van der Waals surface area (Å²) in [6.45, 7) is 4.12. The summed E-state index contributed by atoms with van der Waals surface area (Å²) in [5, 5.41) is 3.47. The summed E-state index contributed by atoms with van der Waals surface area (Å²) in [6, 6.07) is 0.581. The van der Waals surface area contributed by atoms with Crippen molar-refractivity contribution in [3.8, 4) is 0 Å². The number of carbonyl (C=O) groups excluding carboxylic acids is 1. The lowest BCUT2D eigenvalue weighted by atomic mass is 10.0. The van der Waals surface area contributed by atoms with E-state index < -0.39 is 0 Å². The molecular formula is C12H24N2O. The molecule has 1 aliphatic heterocycles. The first-order valence-corrected chi connectivity index (χ1v) is 6.21. The summed E-state index contributed by atoms with van der Waals surface area (Å²) in [4.78, 5) is 13.5. The molecule has 3 nitrogen and oxygen atoms in total. The maximum Gasteiger partial charge on any atom is 0.222 e. The first-order chi connectivity index (χ1) is 7.24. The van der Waals surface area contributed by atoms with Crippen LogP contribution in [0.5, 0.6) is 0 Å². The molecule has 1 heterocycles. The number of piperidine rings is 1. The molecular weight excluding hydrogens is 188 g/mol. The van der Waals surface area contributed by atoms with Crippen LogP contribution in [-0.2, 0) is 4.79 Å². The number of amides is 1. The van der Waals surface area contributed by atoms with Crippen molar-refractivity contribution < 1.29 is 4.79 Å². The Morgan fingerprint density at radius 1 is 1.47 bits per heavy atom. The van der Waals surface area contributed by atoms with Crippen molar-refractivity contribution in [1.29, 1.82) is 0 Å². The zero-order chi connectivity index (χ0) is 11.1. The van der Waals surface area contributed by atoms with Gasteiger partial charge in [0.1, 0.15) is 0 Å². The average Bonchev–Trinajstić information content (AvgIpc) is 2.27. The fourth-order valence-electron chi connectivity index (χ4n) is 2.12. The molecule has 1 N–H and O–H groups in total. The van der Waals surface area contributed by atoms with E-state index in [1.165, 1.54) is 19.3 Å². The Morgan fingerprint density at radius 3 is 2.87 bits per heavy atom. The molecule has 15 heavy (non-hydrogen) atoms. The maximum atomic E-state index is 11.7. The van der Waals surface area contributed by atoms with E-state index in [0.29, 0.717) is 18.4 Å². The van der Waals surface area contributed by atoms with Gasteiger partial charge in [-0.05, 0) is 32.2 Å². The summed E-state index contributed by atoms with van der Waals surface area (Å²) < 4.78 is 0. The van der Waals surface area contributed by atoms with Gasteiger partial charge in [0.15, 0.2) is 0 Å². The molecule has 0 aromatic rings. The lowest BCUT2D eigenvalue weighted by molar-refractivity contribution is -0.130. The SMILES string of the molecule is CCCN(C)C(=O)CCC1CCCCN1. The first-order valence-electron chi connectivity index (χ1n) is 6.21. The highest BCUT2D eigenvalue weighted by molar-refractivity contribution is 5.75. The molecule has 1 amide bonds. The molecule has 1 fully saturated rings. The van der Waals surface area contributed by atoms with Crippen molar-refractivity contribution in [3.05, 3.63) is 0 Å². The Balaban J connectivity index is 2.14. The molecule has 1 rings (SSSR count). The third-order valence-electron chi connectivity index (χ3n) is 3.10. The average molecular weight is 212 g/mol. The topological polar surface area (TPSA) is 32.3 Å². The van der Waals surface area contributed by atoms with Gasteiger partial charge in [-0.15, -0.1) is 0 Å². The van der Waals surface area contributed by atoms with Gasteiger partial charge in [0.2, 0.25) is 5.91 Å². The molecule has 1 unspecified atom stereocenters. The van der Waals surface area contributed by atoms with Crippen LogP contribution < -0.4 is 5.32 Å². The first kappa shape index (κ1) is 12.5. The monoisotopic (exact) mass is 212 g/mol. The zero-order valence-electron chi connectivity index (χ0n) is 10.1. The predicted octanol–water partition coefficient (Wildman–Crippen LogP) is 1.78. The minimum atomic E-state index is 0.296. The van der Waals surface area contributed by atoms with E-state index in [0.717, 1.165) is 25.9 Å². The molecule has 1 aliphatic rings. The number of rotatable bonds is 5. The fraction of sp³-hybridized carbons (Fsp3) is 0.917. The largest absolute Gasteiger partial charge is 0.346 e. The number of hydrogen-bond acceptors (Lipinski definition) is 2. The third-order valence-corrected chi connectivity index (χ3v) is 3.10. The highest BCUT2D eigenvalue weighted by Gasteiger charge is 2.15. The van der Waals surface area contributed by atoms with Crippen molar-refractivity contribution in [2.75, 3.05) is 20.1 Å². The molecule has 0 bridgehead atoms. The van der Waals surface area contributed by atoms with Gasteiger partial charge in [-0.2, -0.15) is 0 Å². The van der Waals surface area contributed by atoms with E-state index in [2.05, 4.69) is 12.2 Å². The molecule has 1 saturated heterocycles. The highest BCUT2D eigenvalue weighted by atomic mass is 16.2. The van der Waals surface area contributed by atoms with Crippen LogP contribution in [0.15, 0.2) is 0 Å². The minimum Gasteiger partial charge on any atom is -0.346 e. The highest BCUT2D eigenvalue weighted by Crippen LogP contribution is 2.12. The summed E-state index contributed by atoms with van der Waals surface area (Å²) in [6.07, 6.45) is 6.60. The van der Waals surface area contributed by atoms with Crippen molar-refractivity contribution in [3.63, 3.8) is 0 Å². The molecule has 0 aliphatic carbocycles. The minimum absolute atomic E-state index is 0.296. The van der Waals surface area contributed by atoms with Crippen molar-refractivity contribution in [2.45, 2.75) is 51.5 Å². The molecule has 0 saturated carbocycles. The van der Waals surface area contributed by atoms with Crippen LogP contribution in [0.4, 0.5) is 0 Å². The van der Waals surface area contributed by atoms with Gasteiger partial charge in [0.05, 0.1) is 0 Å². The molecule has 1 atom stereocenters. The van der Waals surface area contributed by atoms with Gasteiger partial charge >= 0.3 is 0 Å². The van der Waals surface area contributed by atoms with Crippen LogP contribution in [0, 0.1) is 0 Å². The summed E-state index contributed by atoms with van der Waals surface area (Å²) >= 11 is 0. The van der Waals surface area contributed by atoms with E-state index in [-0.39, 0.29) is 0 Å². The Morgan fingerprint density at radius 2 is 2.27 bits per heavy atom. The number of carbonyl (C=O) groups is 1. The smallest absolute Gasteiger partial charge is 0.222 e. The molecule has 0 spiro atoms. The second kappa shape index (κ2) is 6.83. The van der Waals surface area contributed by atoms with Crippen molar-refractivity contribution in [1.82, 2.24) is 10.2 Å². The van der Waals surface area contributed by atoms with Crippen molar-refractivity contribution >= 4 is 5.91 Å². The second-order valence-electron chi connectivity index (χ2n) is 4.50. The van der Waals surface area contributed by atoms with Gasteiger partial charge in [-0.1, -0.05) is 13.3 Å². The Hall–Kier alpha value is -0.570. The second-order valence-corrected chi connectivity index (χ2v) is 4.50. The van der Waals surface area contributed by atoms with E-state index in [1.54, 1.807) is 0 Å². The third kappa shape index (κ3) is 4.65. The molecule has 0 aromatic carbocycles.